The Balaban J connectivity index is 2.29. The Bertz CT molecular complexity index is 223. The van der Waals surface area contributed by atoms with Gasteiger partial charge in [-0.05, 0) is 6.08 Å². The van der Waals surface area contributed by atoms with Crippen molar-refractivity contribution in [3.05, 3.63) is 23.5 Å². The molecule has 0 atom stereocenters. The van der Waals surface area contributed by atoms with E-state index >= 15 is 0 Å². The van der Waals surface area contributed by atoms with Gasteiger partial charge in [-0.3, -0.25) is 4.48 Å². The van der Waals surface area contributed by atoms with Gasteiger partial charge in [-0.25, -0.2) is 0 Å². The van der Waals surface area contributed by atoms with Crippen molar-refractivity contribution in [2.24, 2.45) is 0 Å². The summed E-state index contributed by atoms with van der Waals surface area (Å²) in [5, 5.41) is 3.28. The third-order valence-electron chi connectivity index (χ3n) is 2.10. The van der Waals surface area contributed by atoms with Crippen LogP contribution in [0.4, 0.5) is 0 Å². The van der Waals surface area contributed by atoms with Gasteiger partial charge < -0.3 is 5.32 Å². The van der Waals surface area contributed by atoms with E-state index in [-0.39, 0.29) is 0 Å². The normalized spacial score (nSPS) is 27.0. The fourth-order valence-electron chi connectivity index (χ4n) is 1.35. The van der Waals surface area contributed by atoms with Crippen LogP contribution in [0.15, 0.2) is 23.5 Å². The van der Waals surface area contributed by atoms with Gasteiger partial charge in [0.1, 0.15) is 12.7 Å². The van der Waals surface area contributed by atoms with Crippen LogP contribution in [0.5, 0.6) is 0 Å². The minimum Gasteiger partial charge on any atom is -0.376 e. The molecule has 2 heteroatoms. The third-order valence-corrected chi connectivity index (χ3v) is 2.10. The van der Waals surface area contributed by atoms with Crippen molar-refractivity contribution in [3.8, 4) is 0 Å². The molecule has 0 amide bonds. The van der Waals surface area contributed by atoms with E-state index in [4.69, 9.17) is 0 Å². The van der Waals surface area contributed by atoms with Gasteiger partial charge in [-0.2, -0.15) is 0 Å². The van der Waals surface area contributed by atoms with Crippen molar-refractivity contribution in [3.63, 3.8) is 0 Å². The van der Waals surface area contributed by atoms with Crippen molar-refractivity contribution in [1.29, 1.82) is 0 Å². The number of quaternary nitrogens is 1. The lowest BCUT2D eigenvalue weighted by molar-refractivity contribution is -0.834. The van der Waals surface area contributed by atoms with E-state index in [1.807, 2.05) is 0 Å². The Hall–Kier alpha value is -0.760. The minimum absolute atomic E-state index is 0.978. The van der Waals surface area contributed by atoms with Gasteiger partial charge in [-0.1, -0.05) is 0 Å². The van der Waals surface area contributed by atoms with Gasteiger partial charge in [0.15, 0.2) is 0 Å². The Labute approximate surface area is 61.4 Å². The van der Waals surface area contributed by atoms with Crippen LogP contribution < -0.4 is 5.32 Å². The maximum Gasteiger partial charge on any atom is 0.119 e. The maximum atomic E-state index is 3.28. The molecule has 54 valence electrons. The van der Waals surface area contributed by atoms with Crippen molar-refractivity contribution >= 4 is 0 Å². The molecule has 0 aromatic carbocycles. The van der Waals surface area contributed by atoms with Gasteiger partial charge in [0, 0.05) is 12.1 Å². The summed E-state index contributed by atoms with van der Waals surface area (Å²) in [6.07, 6.45) is 4.60. The molecular formula is C8H13N2+. The molecule has 0 saturated carbocycles. The fraction of sp³-hybridized carbons (Fsp3) is 0.500. The highest BCUT2D eigenvalue weighted by Crippen LogP contribution is 2.22. The molecule has 1 N–H and O–H groups in total. The summed E-state index contributed by atoms with van der Waals surface area (Å²) in [6.45, 7) is 2.21. The Morgan fingerprint density at radius 2 is 2.30 bits per heavy atom. The molecule has 2 nitrogen and oxygen atoms in total. The molecule has 0 bridgehead atoms. The standard InChI is InChI=1S/C8H13N2/c1-10(2)4-3-7-5-9-8(7)6-10/h3,6,9H,4-5H2,1-2H3/q+1. The lowest BCUT2D eigenvalue weighted by atomic mass is 10.0. The zero-order valence-electron chi connectivity index (χ0n) is 6.52. The highest BCUT2D eigenvalue weighted by atomic mass is 15.3. The van der Waals surface area contributed by atoms with E-state index in [0.717, 1.165) is 17.6 Å². The summed E-state index contributed by atoms with van der Waals surface area (Å²) in [7, 11) is 4.42. The number of rotatable bonds is 0. The molecule has 2 rings (SSSR count). The Morgan fingerprint density at radius 3 is 2.70 bits per heavy atom. The maximum absolute atomic E-state index is 3.28. The van der Waals surface area contributed by atoms with Crippen LogP contribution in [-0.2, 0) is 0 Å². The molecule has 1 saturated heterocycles. The van der Waals surface area contributed by atoms with Crippen molar-refractivity contribution in [2.75, 3.05) is 27.2 Å². The van der Waals surface area contributed by atoms with Crippen LogP contribution >= 0.6 is 0 Å². The lowest BCUT2D eigenvalue weighted by Crippen LogP contribution is -2.43. The quantitative estimate of drug-likeness (QED) is 0.478. The average Bonchev–Trinajstić information content (AvgIpc) is 1.78. The van der Waals surface area contributed by atoms with E-state index in [0.29, 0.717) is 0 Å². The van der Waals surface area contributed by atoms with Crippen LogP contribution in [0.3, 0.4) is 0 Å². The van der Waals surface area contributed by atoms with E-state index in [1.54, 1.807) is 0 Å². The monoisotopic (exact) mass is 137 g/mol. The molecule has 0 aromatic heterocycles. The van der Waals surface area contributed by atoms with Gasteiger partial charge in [0.25, 0.3) is 0 Å². The van der Waals surface area contributed by atoms with Crippen molar-refractivity contribution < 1.29 is 4.48 Å². The first-order valence-corrected chi connectivity index (χ1v) is 3.66. The lowest BCUT2D eigenvalue weighted by Gasteiger charge is -2.34. The SMILES string of the molecule is C[N+]1(C)C=C2NCC2=CC1. The zero-order valence-corrected chi connectivity index (χ0v) is 6.52. The smallest absolute Gasteiger partial charge is 0.119 e. The largest absolute Gasteiger partial charge is 0.376 e. The third kappa shape index (κ3) is 0.762. The number of hydrogen-bond acceptors (Lipinski definition) is 1. The number of fused-ring (bicyclic) bond motifs is 1. The molecule has 1 fully saturated rings. The van der Waals surface area contributed by atoms with Crippen LogP contribution in [-0.4, -0.2) is 31.7 Å². The Morgan fingerprint density at radius 1 is 1.50 bits per heavy atom. The molecular weight excluding hydrogens is 124 g/mol. The molecule has 0 aromatic rings. The Kier molecular flexibility index (Phi) is 0.980. The zero-order chi connectivity index (χ0) is 7.19. The summed E-state index contributed by atoms with van der Waals surface area (Å²) in [4.78, 5) is 0. The summed E-state index contributed by atoms with van der Waals surface area (Å²) >= 11 is 0. The van der Waals surface area contributed by atoms with Gasteiger partial charge in [0.05, 0.1) is 19.8 Å². The van der Waals surface area contributed by atoms with Crippen LogP contribution in [0.25, 0.3) is 0 Å². The molecule has 2 aliphatic heterocycles. The second kappa shape index (κ2) is 1.64. The van der Waals surface area contributed by atoms with E-state index in [9.17, 15) is 0 Å². The highest BCUT2D eigenvalue weighted by Gasteiger charge is 2.25. The molecule has 0 aliphatic carbocycles. The van der Waals surface area contributed by atoms with E-state index < -0.39 is 0 Å². The number of nitrogens with one attached hydrogen (secondary N) is 1. The second-order valence-electron chi connectivity index (χ2n) is 3.59. The van der Waals surface area contributed by atoms with Crippen molar-refractivity contribution in [1.82, 2.24) is 5.32 Å². The fourth-order valence-corrected chi connectivity index (χ4v) is 1.35. The van der Waals surface area contributed by atoms with Gasteiger partial charge >= 0.3 is 0 Å². The first-order valence-electron chi connectivity index (χ1n) is 3.66. The van der Waals surface area contributed by atoms with E-state index in [2.05, 4.69) is 31.7 Å². The van der Waals surface area contributed by atoms with Crippen LogP contribution in [0, 0.1) is 0 Å². The predicted octanol–water partition coefficient (Wildman–Crippen LogP) is 0.447. The molecule has 2 aliphatic rings. The minimum atomic E-state index is 0.978. The predicted molar refractivity (Wildman–Crippen MR) is 41.1 cm³/mol. The first kappa shape index (κ1) is 5.98. The summed E-state index contributed by atoms with van der Waals surface area (Å²) in [5.41, 5.74) is 2.84. The topological polar surface area (TPSA) is 12.0 Å². The average molecular weight is 137 g/mol. The van der Waals surface area contributed by atoms with E-state index in [1.165, 1.54) is 11.3 Å². The molecule has 0 radical (unpaired) electrons. The first-order chi connectivity index (χ1) is 4.67. The molecule has 0 spiro atoms. The van der Waals surface area contributed by atoms with Crippen LogP contribution in [0.1, 0.15) is 0 Å². The molecule has 10 heavy (non-hydrogen) atoms. The molecule has 2 heterocycles. The van der Waals surface area contributed by atoms with Gasteiger partial charge in [-0.15, -0.1) is 0 Å². The number of likely N-dealkylation sites (N-methyl/N-ethyl adjacent to an activating group) is 1. The number of nitrogens with zero attached hydrogens (tertiary/aromatic N) is 1. The number of hydrogen-bond donors (Lipinski definition) is 1. The van der Waals surface area contributed by atoms with Crippen LogP contribution in [0.2, 0.25) is 0 Å². The second-order valence-corrected chi connectivity index (χ2v) is 3.59. The summed E-state index contributed by atoms with van der Waals surface area (Å²) in [5.74, 6) is 0. The molecule has 0 unspecified atom stereocenters. The van der Waals surface area contributed by atoms with Crippen molar-refractivity contribution in [2.45, 2.75) is 0 Å². The summed E-state index contributed by atoms with van der Waals surface area (Å²) < 4.78 is 0.978. The summed E-state index contributed by atoms with van der Waals surface area (Å²) in [6, 6.07) is 0. The van der Waals surface area contributed by atoms with Gasteiger partial charge in [0.2, 0.25) is 0 Å². The highest BCUT2D eigenvalue weighted by molar-refractivity contribution is 5.39.